The summed E-state index contributed by atoms with van der Waals surface area (Å²) in [6.07, 6.45) is -2.50. The Kier molecular flexibility index (Phi) is 4.48. The van der Waals surface area contributed by atoms with Crippen molar-refractivity contribution in [2.24, 2.45) is 0 Å². The van der Waals surface area contributed by atoms with Crippen molar-refractivity contribution >= 4 is 22.7 Å². The van der Waals surface area contributed by atoms with Crippen molar-refractivity contribution in [1.29, 1.82) is 0 Å². The summed E-state index contributed by atoms with van der Waals surface area (Å²) < 4.78 is 41.5. The molecule has 1 aromatic carbocycles. The number of nitrogens with zero attached hydrogens (tertiary/aromatic N) is 3. The van der Waals surface area contributed by atoms with Crippen molar-refractivity contribution in [1.82, 2.24) is 19.8 Å². The van der Waals surface area contributed by atoms with Crippen molar-refractivity contribution < 1.29 is 13.2 Å². The molecule has 0 spiro atoms. The number of nitrogens with one attached hydrogen (secondary N) is 1. The van der Waals surface area contributed by atoms with Crippen LogP contribution in [-0.2, 0) is 12.7 Å². The van der Waals surface area contributed by atoms with Gasteiger partial charge in [-0.3, -0.25) is 9.47 Å². The number of halogens is 3. The van der Waals surface area contributed by atoms with Crippen LogP contribution in [-0.4, -0.2) is 45.5 Å². The maximum absolute atomic E-state index is 13.3. The summed E-state index contributed by atoms with van der Waals surface area (Å²) in [7, 11) is 0. The summed E-state index contributed by atoms with van der Waals surface area (Å²) >= 11 is 1.43. The summed E-state index contributed by atoms with van der Waals surface area (Å²) in [5, 5.41) is 3.71. The third-order valence-corrected chi connectivity index (χ3v) is 6.38. The molecule has 1 N–H and O–H groups in total. The first-order valence-corrected chi connectivity index (χ1v) is 9.46. The lowest BCUT2D eigenvalue weighted by Crippen LogP contribution is -2.53. The average Bonchev–Trinajstić information content (AvgIpc) is 2.78. The Bertz CT molecular complexity index is 898. The highest BCUT2D eigenvalue weighted by atomic mass is 32.2. The highest BCUT2D eigenvalue weighted by molar-refractivity contribution is 8.00. The molecule has 1 saturated heterocycles. The van der Waals surface area contributed by atoms with Crippen molar-refractivity contribution in [3.05, 3.63) is 34.4 Å². The predicted octanol–water partition coefficient (Wildman–Crippen LogP) is 2.53. The number of rotatable bonds is 1. The standard InChI is InChI=1S/C17H19F3N4OS/c1-10-8-21-3-5-23(10)14-2-4-24-15-11(9-22-16(24)25)6-12(17(18,19)20)7-13(15)26-14/h6-7,9-10,14,21H,2-5,8H2,1H3. The minimum absolute atomic E-state index is 0.0260. The van der Waals surface area contributed by atoms with Crippen LogP contribution in [0.3, 0.4) is 0 Å². The summed E-state index contributed by atoms with van der Waals surface area (Å²) in [5.41, 5.74) is -0.546. The lowest BCUT2D eigenvalue weighted by Gasteiger charge is -2.39. The third-order valence-electron chi connectivity index (χ3n) is 5.03. The van der Waals surface area contributed by atoms with Gasteiger partial charge < -0.3 is 5.32 Å². The molecule has 0 amide bonds. The van der Waals surface area contributed by atoms with E-state index in [1.54, 1.807) is 0 Å². The van der Waals surface area contributed by atoms with E-state index >= 15 is 0 Å². The summed E-state index contributed by atoms with van der Waals surface area (Å²) in [6.45, 7) is 5.11. The number of aryl methyl sites for hydroxylation is 1. The Morgan fingerprint density at radius 1 is 1.31 bits per heavy atom. The molecule has 2 aromatic rings. The van der Waals surface area contributed by atoms with Crippen LogP contribution in [0, 0.1) is 0 Å². The zero-order valence-electron chi connectivity index (χ0n) is 14.2. The van der Waals surface area contributed by atoms with Crippen molar-refractivity contribution in [2.45, 2.75) is 42.4 Å². The van der Waals surface area contributed by atoms with E-state index in [0.29, 0.717) is 34.8 Å². The molecule has 9 heteroatoms. The molecule has 140 valence electrons. The smallest absolute Gasteiger partial charge is 0.314 e. The van der Waals surface area contributed by atoms with Gasteiger partial charge in [-0.05, 0) is 25.5 Å². The van der Waals surface area contributed by atoms with Crippen LogP contribution in [0.15, 0.2) is 28.0 Å². The van der Waals surface area contributed by atoms with E-state index in [-0.39, 0.29) is 5.37 Å². The Morgan fingerprint density at radius 3 is 2.85 bits per heavy atom. The van der Waals surface area contributed by atoms with Crippen LogP contribution >= 0.6 is 11.8 Å². The third kappa shape index (κ3) is 3.12. The molecule has 2 atom stereocenters. The molecular formula is C17H19F3N4OS. The fourth-order valence-corrected chi connectivity index (χ4v) is 5.23. The Balaban J connectivity index is 1.83. The average molecular weight is 384 g/mol. The Hall–Kier alpha value is -1.58. The van der Waals surface area contributed by atoms with E-state index in [4.69, 9.17) is 0 Å². The van der Waals surface area contributed by atoms with Crippen LogP contribution in [0.25, 0.3) is 10.9 Å². The molecule has 26 heavy (non-hydrogen) atoms. The first kappa shape index (κ1) is 17.8. The van der Waals surface area contributed by atoms with Gasteiger partial charge in [-0.15, -0.1) is 11.8 Å². The molecule has 0 radical (unpaired) electrons. The van der Waals surface area contributed by atoms with Gasteiger partial charge in [0.05, 0.1) is 16.5 Å². The highest BCUT2D eigenvalue weighted by Gasteiger charge is 2.34. The normalized spacial score (nSPS) is 24.6. The van der Waals surface area contributed by atoms with E-state index in [0.717, 1.165) is 25.7 Å². The van der Waals surface area contributed by atoms with Crippen LogP contribution in [0.2, 0.25) is 0 Å². The van der Waals surface area contributed by atoms with E-state index < -0.39 is 17.4 Å². The summed E-state index contributed by atoms with van der Waals surface area (Å²) in [4.78, 5) is 18.8. The van der Waals surface area contributed by atoms with Gasteiger partial charge in [-0.25, -0.2) is 9.78 Å². The number of hydrogen-bond acceptors (Lipinski definition) is 5. The largest absolute Gasteiger partial charge is 0.416 e. The highest BCUT2D eigenvalue weighted by Crippen LogP contribution is 2.41. The Morgan fingerprint density at radius 2 is 2.12 bits per heavy atom. The number of aromatic nitrogens is 2. The molecule has 2 aliphatic heterocycles. The topological polar surface area (TPSA) is 50.2 Å². The Labute approximate surface area is 152 Å². The van der Waals surface area contributed by atoms with Crippen LogP contribution in [0.5, 0.6) is 0 Å². The molecule has 0 bridgehead atoms. The molecular weight excluding hydrogens is 365 g/mol. The number of piperazine rings is 1. The van der Waals surface area contributed by atoms with Gasteiger partial charge >= 0.3 is 11.9 Å². The second kappa shape index (κ2) is 6.54. The predicted molar refractivity (Wildman–Crippen MR) is 94.3 cm³/mol. The second-order valence-electron chi connectivity index (χ2n) is 6.75. The van der Waals surface area contributed by atoms with Crippen LogP contribution in [0.4, 0.5) is 13.2 Å². The molecule has 2 unspecified atom stereocenters. The van der Waals surface area contributed by atoms with Gasteiger partial charge in [0, 0.05) is 48.7 Å². The number of benzene rings is 1. The summed E-state index contributed by atoms with van der Waals surface area (Å²) in [5.74, 6) is 0. The lowest BCUT2D eigenvalue weighted by molar-refractivity contribution is -0.137. The zero-order valence-corrected chi connectivity index (χ0v) is 15.0. The summed E-state index contributed by atoms with van der Waals surface area (Å²) in [6, 6.07) is 2.54. The first-order valence-electron chi connectivity index (χ1n) is 8.58. The molecule has 5 nitrogen and oxygen atoms in total. The fourth-order valence-electron chi connectivity index (χ4n) is 3.73. The molecule has 0 saturated carbocycles. The van der Waals surface area contributed by atoms with E-state index in [2.05, 4.69) is 22.1 Å². The molecule has 3 heterocycles. The molecule has 4 rings (SSSR count). The first-order chi connectivity index (χ1) is 12.3. The van der Waals surface area contributed by atoms with Crippen molar-refractivity contribution in [3.8, 4) is 0 Å². The maximum atomic E-state index is 13.3. The number of alkyl halides is 3. The van der Waals surface area contributed by atoms with Gasteiger partial charge in [0.15, 0.2) is 0 Å². The van der Waals surface area contributed by atoms with Crippen LogP contribution in [0.1, 0.15) is 18.9 Å². The van der Waals surface area contributed by atoms with Crippen molar-refractivity contribution in [2.75, 3.05) is 19.6 Å². The van der Waals surface area contributed by atoms with E-state index in [1.165, 1.54) is 28.6 Å². The second-order valence-corrected chi connectivity index (χ2v) is 7.97. The fraction of sp³-hybridized carbons (Fsp3) is 0.529. The van der Waals surface area contributed by atoms with Gasteiger partial charge in [0.2, 0.25) is 0 Å². The molecule has 1 fully saturated rings. The quantitative estimate of drug-likeness (QED) is 0.819. The lowest BCUT2D eigenvalue weighted by atomic mass is 10.1. The van der Waals surface area contributed by atoms with Gasteiger partial charge in [-0.1, -0.05) is 0 Å². The van der Waals surface area contributed by atoms with E-state index in [1.807, 2.05) is 0 Å². The monoisotopic (exact) mass is 384 g/mol. The van der Waals surface area contributed by atoms with Gasteiger partial charge in [-0.2, -0.15) is 13.2 Å². The molecule has 0 aliphatic carbocycles. The van der Waals surface area contributed by atoms with E-state index in [9.17, 15) is 18.0 Å². The van der Waals surface area contributed by atoms with Crippen LogP contribution < -0.4 is 11.0 Å². The maximum Gasteiger partial charge on any atom is 0.416 e. The van der Waals surface area contributed by atoms with Gasteiger partial charge in [0.25, 0.3) is 0 Å². The zero-order chi connectivity index (χ0) is 18.5. The molecule has 1 aromatic heterocycles. The number of hydrogen-bond donors (Lipinski definition) is 1. The number of thioether (sulfide) groups is 1. The minimum Gasteiger partial charge on any atom is -0.314 e. The minimum atomic E-state index is -4.43. The van der Waals surface area contributed by atoms with Crippen molar-refractivity contribution in [3.63, 3.8) is 0 Å². The SMILES string of the molecule is CC1CNCCN1C1CCn2c(=O)ncc3cc(C(F)(F)F)cc(c32)S1. The van der Waals surface area contributed by atoms with Gasteiger partial charge in [0.1, 0.15) is 0 Å². The molecule has 2 aliphatic rings.